The summed E-state index contributed by atoms with van der Waals surface area (Å²) in [4.78, 5) is 2.37. The highest BCUT2D eigenvalue weighted by Gasteiger charge is 2.43. The maximum Gasteiger partial charge on any atom is 0.123 e. The lowest BCUT2D eigenvalue weighted by Gasteiger charge is -2.39. The second-order valence-electron chi connectivity index (χ2n) is 7.75. The number of rotatable bonds is 4. The van der Waals surface area contributed by atoms with Crippen LogP contribution in [0.5, 0.6) is 5.75 Å². The van der Waals surface area contributed by atoms with Gasteiger partial charge in [0, 0.05) is 24.7 Å². The highest BCUT2D eigenvalue weighted by atomic mass is 19.1. The fourth-order valence-electron chi connectivity index (χ4n) is 4.62. The summed E-state index contributed by atoms with van der Waals surface area (Å²) in [5.74, 6) is 0.929. The number of halogens is 1. The van der Waals surface area contributed by atoms with Crippen molar-refractivity contribution in [2.75, 3.05) is 18.6 Å². The Balaban J connectivity index is 1.50. The zero-order valence-corrected chi connectivity index (χ0v) is 16.3. The van der Waals surface area contributed by atoms with E-state index in [2.05, 4.69) is 52.1 Å². The average Bonchev–Trinajstić information content (AvgIpc) is 3.18. The van der Waals surface area contributed by atoms with Gasteiger partial charge in [0.25, 0.3) is 0 Å². The fraction of sp³-hybridized carbons (Fsp3) is 0.250. The highest BCUT2D eigenvalue weighted by molar-refractivity contribution is 5.59. The van der Waals surface area contributed by atoms with Crippen molar-refractivity contribution in [2.24, 2.45) is 5.92 Å². The summed E-state index contributed by atoms with van der Waals surface area (Å²) >= 11 is 0. The third kappa shape index (κ3) is 3.37. The molecule has 3 aromatic rings. The first-order valence-corrected chi connectivity index (χ1v) is 9.96. The van der Waals surface area contributed by atoms with Crippen LogP contribution < -0.4 is 20.5 Å². The number of hydrogen-bond acceptors (Lipinski definition) is 4. The van der Waals surface area contributed by atoms with E-state index in [1.165, 1.54) is 11.1 Å². The predicted octanol–water partition coefficient (Wildman–Crippen LogP) is 4.36. The van der Waals surface area contributed by atoms with Crippen molar-refractivity contribution in [3.63, 3.8) is 0 Å². The van der Waals surface area contributed by atoms with Crippen LogP contribution in [0, 0.1) is 11.7 Å². The van der Waals surface area contributed by atoms with Gasteiger partial charge in [0.1, 0.15) is 11.6 Å². The molecule has 0 spiro atoms. The Morgan fingerprint density at radius 3 is 2.48 bits per heavy atom. The van der Waals surface area contributed by atoms with E-state index in [4.69, 9.17) is 4.74 Å². The molecule has 0 aromatic heterocycles. The van der Waals surface area contributed by atoms with Gasteiger partial charge >= 0.3 is 0 Å². The van der Waals surface area contributed by atoms with Crippen LogP contribution in [-0.2, 0) is 6.54 Å². The number of benzene rings is 3. The second-order valence-corrected chi connectivity index (χ2v) is 7.75. The Kier molecular flexibility index (Phi) is 4.70. The van der Waals surface area contributed by atoms with Crippen LogP contribution in [-0.4, -0.2) is 13.7 Å². The van der Waals surface area contributed by atoms with Gasteiger partial charge < -0.3 is 9.64 Å². The van der Waals surface area contributed by atoms with Crippen molar-refractivity contribution in [1.82, 2.24) is 10.9 Å². The Morgan fingerprint density at radius 1 is 0.966 bits per heavy atom. The Bertz CT molecular complexity index is 993. The highest BCUT2D eigenvalue weighted by Crippen LogP contribution is 2.45. The third-order valence-electron chi connectivity index (χ3n) is 6.04. The van der Waals surface area contributed by atoms with Crippen LogP contribution in [0.4, 0.5) is 10.1 Å². The zero-order chi connectivity index (χ0) is 19.8. The number of fused-ring (bicyclic) bond motifs is 3. The molecule has 29 heavy (non-hydrogen) atoms. The van der Waals surface area contributed by atoms with Crippen molar-refractivity contribution in [3.05, 3.63) is 95.3 Å². The standard InChI is InChI=1S/C24H24FN3O/c1-29-19-10-7-17(8-11-19)23-21-15-28(14-16-5-3-2-4-6-16)22-12-9-18(25)13-20(22)24(21)27-26-23/h2-13,21,23-24,26-27H,14-15H2,1H3. The number of ether oxygens (including phenoxy) is 1. The van der Waals surface area contributed by atoms with Crippen LogP contribution in [0.25, 0.3) is 0 Å². The predicted molar refractivity (Wildman–Crippen MR) is 112 cm³/mol. The van der Waals surface area contributed by atoms with Gasteiger partial charge in [-0.25, -0.2) is 15.2 Å². The van der Waals surface area contributed by atoms with E-state index in [0.29, 0.717) is 0 Å². The van der Waals surface area contributed by atoms with Gasteiger partial charge in [0.15, 0.2) is 0 Å². The van der Waals surface area contributed by atoms with Crippen molar-refractivity contribution in [3.8, 4) is 5.75 Å². The molecule has 2 N–H and O–H groups in total. The van der Waals surface area contributed by atoms with Crippen molar-refractivity contribution >= 4 is 5.69 Å². The normalized spacial score (nSPS) is 22.8. The molecule has 1 fully saturated rings. The van der Waals surface area contributed by atoms with Gasteiger partial charge in [0.05, 0.1) is 19.2 Å². The minimum Gasteiger partial charge on any atom is -0.497 e. The van der Waals surface area contributed by atoms with Crippen molar-refractivity contribution < 1.29 is 9.13 Å². The topological polar surface area (TPSA) is 36.5 Å². The van der Waals surface area contributed by atoms with Gasteiger partial charge in [-0.1, -0.05) is 42.5 Å². The summed E-state index contributed by atoms with van der Waals surface area (Å²) in [6, 6.07) is 24.0. The molecule has 4 nitrogen and oxygen atoms in total. The Morgan fingerprint density at radius 2 is 1.72 bits per heavy atom. The molecule has 0 bridgehead atoms. The van der Waals surface area contributed by atoms with Gasteiger partial charge in [-0.2, -0.15) is 0 Å². The molecule has 1 saturated heterocycles. The molecule has 3 unspecified atom stereocenters. The SMILES string of the molecule is COc1ccc(C2NNC3c4cc(F)ccc4N(Cc4ccccc4)CC23)cc1. The van der Waals surface area contributed by atoms with Gasteiger partial charge in [0.2, 0.25) is 0 Å². The van der Waals surface area contributed by atoms with Crippen LogP contribution >= 0.6 is 0 Å². The Labute approximate surface area is 170 Å². The summed E-state index contributed by atoms with van der Waals surface area (Å²) < 4.78 is 19.4. The van der Waals surface area contributed by atoms with Crippen LogP contribution in [0.15, 0.2) is 72.8 Å². The molecule has 3 atom stereocenters. The fourth-order valence-corrected chi connectivity index (χ4v) is 4.62. The summed E-state index contributed by atoms with van der Waals surface area (Å²) in [5, 5.41) is 0. The lowest BCUT2D eigenvalue weighted by molar-refractivity contribution is 0.398. The second kappa shape index (κ2) is 7.50. The number of anilines is 1. The number of hydrogen-bond donors (Lipinski definition) is 2. The molecular weight excluding hydrogens is 365 g/mol. The van der Waals surface area contributed by atoms with E-state index in [1.54, 1.807) is 19.2 Å². The molecule has 0 aliphatic carbocycles. The van der Waals surface area contributed by atoms with Gasteiger partial charge in [-0.15, -0.1) is 0 Å². The van der Waals surface area contributed by atoms with Gasteiger partial charge in [-0.05, 0) is 47.0 Å². The van der Waals surface area contributed by atoms with Crippen molar-refractivity contribution in [2.45, 2.75) is 18.6 Å². The molecule has 2 aliphatic rings. The van der Waals surface area contributed by atoms with E-state index < -0.39 is 0 Å². The molecule has 148 valence electrons. The number of nitrogens with zero attached hydrogens (tertiary/aromatic N) is 1. The largest absolute Gasteiger partial charge is 0.497 e. The molecule has 3 aromatic carbocycles. The first-order valence-electron chi connectivity index (χ1n) is 9.96. The molecule has 5 heteroatoms. The first kappa shape index (κ1) is 18.2. The first-order chi connectivity index (χ1) is 14.2. The zero-order valence-electron chi connectivity index (χ0n) is 16.3. The summed E-state index contributed by atoms with van der Waals surface area (Å²) in [6.07, 6.45) is 0. The van der Waals surface area contributed by atoms with E-state index in [9.17, 15) is 4.39 Å². The van der Waals surface area contributed by atoms with Crippen molar-refractivity contribution in [1.29, 1.82) is 0 Å². The number of hydrazine groups is 1. The lowest BCUT2D eigenvalue weighted by atomic mass is 9.82. The average molecular weight is 389 g/mol. The molecule has 2 aliphatic heterocycles. The smallest absolute Gasteiger partial charge is 0.123 e. The molecule has 2 heterocycles. The molecule has 0 radical (unpaired) electrons. The monoisotopic (exact) mass is 389 g/mol. The molecule has 0 saturated carbocycles. The van der Waals surface area contributed by atoms with Crippen LogP contribution in [0.3, 0.4) is 0 Å². The van der Waals surface area contributed by atoms with E-state index >= 15 is 0 Å². The summed E-state index contributed by atoms with van der Waals surface area (Å²) in [7, 11) is 1.68. The lowest BCUT2D eigenvalue weighted by Crippen LogP contribution is -2.39. The quantitative estimate of drug-likeness (QED) is 0.695. The maximum atomic E-state index is 14.1. The summed E-state index contributed by atoms with van der Waals surface area (Å²) in [6.45, 7) is 1.69. The number of nitrogens with one attached hydrogen (secondary N) is 2. The molecular formula is C24H24FN3O. The Hall–Kier alpha value is -2.89. The molecule has 0 amide bonds. The van der Waals surface area contributed by atoms with Crippen LogP contribution in [0.1, 0.15) is 28.8 Å². The maximum absolute atomic E-state index is 14.1. The van der Waals surface area contributed by atoms with E-state index in [-0.39, 0.29) is 23.8 Å². The van der Waals surface area contributed by atoms with E-state index in [1.807, 2.05) is 24.3 Å². The minimum absolute atomic E-state index is 0.0693. The number of methoxy groups -OCH3 is 1. The van der Waals surface area contributed by atoms with Gasteiger partial charge in [-0.3, -0.25) is 0 Å². The van der Waals surface area contributed by atoms with E-state index in [0.717, 1.165) is 30.1 Å². The minimum atomic E-state index is -0.196. The van der Waals surface area contributed by atoms with Crippen LogP contribution in [0.2, 0.25) is 0 Å². The summed E-state index contributed by atoms with van der Waals surface area (Å²) in [5.41, 5.74) is 11.4. The molecule has 5 rings (SSSR count). The third-order valence-corrected chi connectivity index (χ3v) is 6.04.